The van der Waals surface area contributed by atoms with Crippen LogP contribution in [0.15, 0.2) is 0 Å². The van der Waals surface area contributed by atoms with Gasteiger partial charge < -0.3 is 46.8 Å². The van der Waals surface area contributed by atoms with E-state index in [9.17, 15) is 30.3 Å². The smallest absolute Gasteiger partial charge is 0.251 e. The van der Waals surface area contributed by atoms with E-state index in [2.05, 4.69) is 5.32 Å². The van der Waals surface area contributed by atoms with Crippen molar-refractivity contribution in [2.75, 3.05) is 19.7 Å². The number of amides is 1. The minimum Gasteiger partial charge on any atom is -0.394 e. The van der Waals surface area contributed by atoms with Crippen molar-refractivity contribution >= 4 is 5.91 Å². The maximum Gasteiger partial charge on any atom is 0.251 e. The van der Waals surface area contributed by atoms with Crippen LogP contribution in [0, 0.1) is 0 Å². The van der Waals surface area contributed by atoms with Gasteiger partial charge in [0.2, 0.25) is 0 Å². The van der Waals surface area contributed by atoms with E-state index in [1.165, 1.54) is 0 Å². The standard InChI is InChI=1S/C12H26N2O8/c13-3-1-2-4-14-12(22)11(21)10(20)9(19)8(18)7(17)6(16)5-15/h6-11,15-21H,1-5,13H2,(H,14,22). The molecule has 10 heteroatoms. The maximum atomic E-state index is 11.5. The molecule has 0 aromatic heterocycles. The third-order valence-corrected chi connectivity index (χ3v) is 3.15. The Balaban J connectivity index is 4.46. The average Bonchev–Trinajstić information content (AvgIpc) is 2.54. The molecule has 6 atom stereocenters. The molecule has 10 nitrogen and oxygen atoms in total. The molecule has 0 aliphatic carbocycles. The van der Waals surface area contributed by atoms with Crippen molar-refractivity contribution in [3.63, 3.8) is 0 Å². The Hall–Kier alpha value is -0.850. The van der Waals surface area contributed by atoms with Crippen molar-refractivity contribution < 1.29 is 40.5 Å². The summed E-state index contributed by atoms with van der Waals surface area (Å²) in [6, 6.07) is 0. The van der Waals surface area contributed by atoms with Crippen LogP contribution in [0.3, 0.4) is 0 Å². The van der Waals surface area contributed by atoms with Crippen molar-refractivity contribution in [2.24, 2.45) is 5.73 Å². The first kappa shape index (κ1) is 21.1. The minimum atomic E-state index is -2.11. The van der Waals surface area contributed by atoms with Crippen LogP contribution in [0.5, 0.6) is 0 Å². The molecule has 22 heavy (non-hydrogen) atoms. The molecule has 132 valence electrons. The van der Waals surface area contributed by atoms with Crippen LogP contribution < -0.4 is 11.1 Å². The summed E-state index contributed by atoms with van der Waals surface area (Å²) < 4.78 is 0. The third-order valence-electron chi connectivity index (χ3n) is 3.15. The molecule has 1 amide bonds. The van der Waals surface area contributed by atoms with Crippen LogP contribution in [0.2, 0.25) is 0 Å². The van der Waals surface area contributed by atoms with Gasteiger partial charge in [-0.05, 0) is 19.4 Å². The topological polar surface area (TPSA) is 197 Å². The lowest BCUT2D eigenvalue weighted by Gasteiger charge is -2.30. The Morgan fingerprint density at radius 1 is 0.909 bits per heavy atom. The minimum absolute atomic E-state index is 0.213. The van der Waals surface area contributed by atoms with Gasteiger partial charge in [0.25, 0.3) is 5.91 Å². The summed E-state index contributed by atoms with van der Waals surface area (Å²) in [6.45, 7) is -0.230. The van der Waals surface area contributed by atoms with Gasteiger partial charge in [0.05, 0.1) is 6.61 Å². The van der Waals surface area contributed by atoms with Gasteiger partial charge >= 0.3 is 0 Å². The predicted octanol–water partition coefficient (Wildman–Crippen LogP) is -5.00. The number of nitrogens with two attached hydrogens (primary N) is 1. The molecule has 0 fully saturated rings. The lowest BCUT2D eigenvalue weighted by molar-refractivity contribution is -0.165. The highest BCUT2D eigenvalue weighted by molar-refractivity contribution is 5.81. The first-order chi connectivity index (χ1) is 10.3. The van der Waals surface area contributed by atoms with E-state index in [4.69, 9.17) is 15.9 Å². The quantitative estimate of drug-likeness (QED) is 0.167. The zero-order chi connectivity index (χ0) is 17.3. The van der Waals surface area contributed by atoms with E-state index < -0.39 is 49.1 Å². The monoisotopic (exact) mass is 326 g/mol. The van der Waals surface area contributed by atoms with Crippen LogP contribution in [0.1, 0.15) is 12.8 Å². The maximum absolute atomic E-state index is 11.5. The molecule has 10 N–H and O–H groups in total. The van der Waals surface area contributed by atoms with E-state index in [0.717, 1.165) is 0 Å². The van der Waals surface area contributed by atoms with E-state index in [1.54, 1.807) is 0 Å². The SMILES string of the molecule is NCCCCNC(=O)C(O)C(O)C(O)C(O)C(O)C(O)CO. The number of carbonyl (C=O) groups excluding carboxylic acids is 1. The molecule has 0 spiro atoms. The Morgan fingerprint density at radius 2 is 1.45 bits per heavy atom. The fraction of sp³-hybridized carbons (Fsp3) is 0.917. The van der Waals surface area contributed by atoms with Gasteiger partial charge in [-0.15, -0.1) is 0 Å². The van der Waals surface area contributed by atoms with Gasteiger partial charge in [-0.2, -0.15) is 0 Å². The average molecular weight is 326 g/mol. The summed E-state index contributed by atoms with van der Waals surface area (Å²) in [5, 5.41) is 67.9. The predicted molar refractivity (Wildman–Crippen MR) is 74.4 cm³/mol. The van der Waals surface area contributed by atoms with Gasteiger partial charge in [-0.3, -0.25) is 4.79 Å². The van der Waals surface area contributed by atoms with Crippen LogP contribution in [0.25, 0.3) is 0 Å². The summed E-state index contributed by atoms with van der Waals surface area (Å²) in [4.78, 5) is 11.5. The second-order valence-electron chi connectivity index (χ2n) is 4.94. The first-order valence-electron chi connectivity index (χ1n) is 6.94. The van der Waals surface area contributed by atoms with E-state index in [1.807, 2.05) is 0 Å². The molecule has 0 saturated heterocycles. The van der Waals surface area contributed by atoms with Crippen LogP contribution in [0.4, 0.5) is 0 Å². The van der Waals surface area contributed by atoms with Gasteiger partial charge in [0.15, 0.2) is 6.10 Å². The molecule has 6 unspecified atom stereocenters. The molecule has 0 saturated carbocycles. The van der Waals surface area contributed by atoms with E-state index in [-0.39, 0.29) is 6.54 Å². The Kier molecular flexibility index (Phi) is 10.4. The summed E-state index contributed by atoms with van der Waals surface area (Å²) in [6.07, 6.45) is -10.8. The van der Waals surface area contributed by atoms with Gasteiger partial charge in [0, 0.05) is 6.54 Å². The third kappa shape index (κ3) is 6.50. The summed E-state index contributed by atoms with van der Waals surface area (Å²) in [5.41, 5.74) is 5.27. The van der Waals surface area contributed by atoms with E-state index >= 15 is 0 Å². The number of hydrogen-bond donors (Lipinski definition) is 9. The van der Waals surface area contributed by atoms with Gasteiger partial charge in [0.1, 0.15) is 30.5 Å². The highest BCUT2D eigenvalue weighted by Crippen LogP contribution is 2.11. The zero-order valence-electron chi connectivity index (χ0n) is 12.1. The number of hydrogen-bond acceptors (Lipinski definition) is 9. The molecule has 0 bridgehead atoms. The van der Waals surface area contributed by atoms with Gasteiger partial charge in [-0.25, -0.2) is 0 Å². The Bertz CT molecular complexity index is 320. The van der Waals surface area contributed by atoms with Crippen LogP contribution in [-0.4, -0.2) is 98.0 Å². The van der Waals surface area contributed by atoms with Crippen LogP contribution >= 0.6 is 0 Å². The number of rotatable bonds is 11. The molecular formula is C12H26N2O8. The summed E-state index contributed by atoms with van der Waals surface area (Å²) in [5.74, 6) is -0.965. The number of carbonyl (C=O) groups is 1. The second-order valence-corrected chi connectivity index (χ2v) is 4.94. The van der Waals surface area contributed by atoms with Crippen molar-refractivity contribution in [1.29, 1.82) is 0 Å². The molecule has 0 aliphatic rings. The molecule has 0 radical (unpaired) electrons. The molecule has 0 rings (SSSR count). The highest BCUT2D eigenvalue weighted by atomic mass is 16.4. The van der Waals surface area contributed by atoms with Gasteiger partial charge in [-0.1, -0.05) is 0 Å². The molecular weight excluding hydrogens is 300 g/mol. The van der Waals surface area contributed by atoms with Crippen LogP contribution in [-0.2, 0) is 4.79 Å². The molecule has 0 aliphatic heterocycles. The van der Waals surface area contributed by atoms with Crippen molar-refractivity contribution in [3.05, 3.63) is 0 Å². The Labute approximate surface area is 127 Å². The molecule has 0 aromatic carbocycles. The number of aliphatic hydroxyl groups excluding tert-OH is 7. The van der Waals surface area contributed by atoms with Crippen molar-refractivity contribution in [1.82, 2.24) is 5.32 Å². The number of unbranched alkanes of at least 4 members (excludes halogenated alkanes) is 1. The first-order valence-corrected chi connectivity index (χ1v) is 6.94. The zero-order valence-corrected chi connectivity index (χ0v) is 12.1. The normalized spacial score (nSPS) is 19.8. The Morgan fingerprint density at radius 3 is 1.95 bits per heavy atom. The van der Waals surface area contributed by atoms with E-state index in [0.29, 0.717) is 19.4 Å². The van der Waals surface area contributed by atoms with Crippen molar-refractivity contribution in [2.45, 2.75) is 49.5 Å². The summed E-state index contributed by atoms with van der Waals surface area (Å²) >= 11 is 0. The summed E-state index contributed by atoms with van der Waals surface area (Å²) in [7, 11) is 0. The lowest BCUT2D eigenvalue weighted by Crippen LogP contribution is -2.55. The lowest BCUT2D eigenvalue weighted by atomic mass is 9.96. The fourth-order valence-electron chi connectivity index (χ4n) is 1.67. The molecule has 0 heterocycles. The second kappa shape index (κ2) is 10.8. The molecule has 0 aromatic rings. The fourth-order valence-corrected chi connectivity index (χ4v) is 1.67. The largest absolute Gasteiger partial charge is 0.394 e. The number of aliphatic hydroxyl groups is 7. The number of nitrogens with one attached hydrogen (secondary N) is 1. The van der Waals surface area contributed by atoms with Crippen molar-refractivity contribution in [3.8, 4) is 0 Å². The highest BCUT2D eigenvalue weighted by Gasteiger charge is 2.39.